The number of epoxide rings is 1. The third-order valence-electron chi connectivity index (χ3n) is 9.46. The molecule has 3 rings (SSSR count). The Bertz CT molecular complexity index is 1480. The van der Waals surface area contributed by atoms with E-state index >= 15 is 0 Å². The number of hydrogen-bond acceptors (Lipinski definition) is 9. The third kappa shape index (κ3) is 9.32. The van der Waals surface area contributed by atoms with Crippen LogP contribution in [0.5, 0.6) is 0 Å². The maximum absolute atomic E-state index is 13.5. The number of hydrogen-bond donors (Lipinski definition) is 2. The number of ketones is 1. The Balaban J connectivity index is 2.03. The summed E-state index contributed by atoms with van der Waals surface area (Å²) in [5.74, 6) is -1.24. The lowest BCUT2D eigenvalue weighted by Gasteiger charge is -2.44. The SMILES string of the molecule is CC(C)(C)OC[C@@H](NC(=O)[C@H]1O[C@@H]1[C@H]1O[C@@H](n2ccc(=O)[nH]c2=O)[C@H](O[Si](C)(C)C(C)(C)C)[C@@H]1O[Si](C)(C)C(C)(C)C)C(=O)C=[N+]=[N-]. The highest BCUT2D eigenvalue weighted by Gasteiger charge is 2.63. The first kappa shape index (κ1) is 38.9. The summed E-state index contributed by atoms with van der Waals surface area (Å²) in [5, 5.41) is 2.24. The second kappa shape index (κ2) is 13.7. The van der Waals surface area contributed by atoms with Gasteiger partial charge in [0.25, 0.3) is 17.2 Å². The van der Waals surface area contributed by atoms with Crippen LogP contribution in [0.4, 0.5) is 0 Å². The topological polar surface area (TPSA) is 187 Å². The lowest BCUT2D eigenvalue weighted by Crippen LogP contribution is -2.54. The van der Waals surface area contributed by atoms with Crippen LogP contribution in [-0.4, -0.2) is 97.7 Å². The van der Waals surface area contributed by atoms with Crippen molar-refractivity contribution in [2.24, 2.45) is 0 Å². The predicted molar refractivity (Wildman–Crippen MR) is 180 cm³/mol. The van der Waals surface area contributed by atoms with Crippen LogP contribution in [0.15, 0.2) is 21.9 Å². The summed E-state index contributed by atoms with van der Waals surface area (Å²) in [6.07, 6.45) is -3.13. The fourth-order valence-corrected chi connectivity index (χ4v) is 7.17. The zero-order valence-electron chi connectivity index (χ0n) is 30.0. The first-order valence-electron chi connectivity index (χ1n) is 15.9. The van der Waals surface area contributed by atoms with Gasteiger partial charge in [-0.3, -0.25) is 23.9 Å². The van der Waals surface area contributed by atoms with Gasteiger partial charge in [-0.05, 0) is 57.0 Å². The minimum Gasteiger partial charge on any atom is -0.408 e. The van der Waals surface area contributed by atoms with Gasteiger partial charge in [0.15, 0.2) is 29.0 Å². The van der Waals surface area contributed by atoms with Crippen molar-refractivity contribution in [3.63, 3.8) is 0 Å². The molecule has 2 saturated heterocycles. The van der Waals surface area contributed by atoms with Gasteiger partial charge >= 0.3 is 11.9 Å². The Kier molecular flexibility index (Phi) is 11.4. The molecule has 0 spiro atoms. The number of rotatable bonds is 12. The van der Waals surface area contributed by atoms with Crippen molar-refractivity contribution in [1.29, 1.82) is 0 Å². The van der Waals surface area contributed by atoms with E-state index in [-0.39, 0.29) is 16.7 Å². The van der Waals surface area contributed by atoms with E-state index in [0.29, 0.717) is 6.21 Å². The summed E-state index contributed by atoms with van der Waals surface area (Å²) < 4.78 is 33.5. The Morgan fingerprint density at radius 3 is 2.02 bits per heavy atom. The molecule has 0 radical (unpaired) electrons. The van der Waals surface area contributed by atoms with Gasteiger partial charge < -0.3 is 33.9 Å². The number of amides is 1. The van der Waals surface area contributed by atoms with Gasteiger partial charge in [-0.15, -0.1) is 0 Å². The number of aromatic amines is 1. The molecule has 1 aromatic heterocycles. The molecule has 2 aliphatic rings. The molecule has 0 saturated carbocycles. The van der Waals surface area contributed by atoms with Crippen LogP contribution in [-0.2, 0) is 32.7 Å². The molecule has 16 heteroatoms. The Hall–Kier alpha value is -2.57. The van der Waals surface area contributed by atoms with E-state index in [0.717, 1.165) is 0 Å². The lowest BCUT2D eigenvalue weighted by atomic mass is 10.1. The summed E-state index contributed by atoms with van der Waals surface area (Å²) in [6, 6.07) is 0.107. The fourth-order valence-electron chi connectivity index (χ4n) is 4.59. The van der Waals surface area contributed by atoms with Crippen molar-refractivity contribution in [3.8, 4) is 0 Å². The summed E-state index contributed by atoms with van der Waals surface area (Å²) >= 11 is 0. The van der Waals surface area contributed by atoms with Gasteiger partial charge in [-0.2, -0.15) is 4.79 Å². The highest BCUT2D eigenvalue weighted by Crippen LogP contribution is 2.48. The van der Waals surface area contributed by atoms with Gasteiger partial charge in [-0.1, -0.05) is 41.5 Å². The first-order chi connectivity index (χ1) is 21.3. The van der Waals surface area contributed by atoms with Crippen LogP contribution in [0.25, 0.3) is 5.53 Å². The van der Waals surface area contributed by atoms with Crippen molar-refractivity contribution in [2.75, 3.05) is 6.61 Å². The second-order valence-electron chi connectivity index (χ2n) is 16.3. The number of H-pyrrole nitrogens is 1. The molecule has 2 N–H and O–H groups in total. The summed E-state index contributed by atoms with van der Waals surface area (Å²) in [4.78, 5) is 56.3. The van der Waals surface area contributed by atoms with Crippen molar-refractivity contribution in [1.82, 2.24) is 14.9 Å². The lowest BCUT2D eigenvalue weighted by molar-refractivity contribution is -0.129. The highest BCUT2D eigenvalue weighted by molar-refractivity contribution is 6.74. The number of aromatic nitrogens is 2. The van der Waals surface area contributed by atoms with Gasteiger partial charge in [0.2, 0.25) is 0 Å². The van der Waals surface area contributed by atoms with Gasteiger partial charge in [0.05, 0.1) is 12.2 Å². The van der Waals surface area contributed by atoms with Crippen LogP contribution < -0.4 is 16.6 Å². The Morgan fingerprint density at radius 1 is 0.979 bits per heavy atom. The normalized spacial score (nSPS) is 26.0. The molecule has 0 aliphatic carbocycles. The predicted octanol–water partition coefficient (Wildman–Crippen LogP) is 3.15. The fraction of sp³-hybridized carbons (Fsp3) is 0.774. The number of carbonyl (C=O) groups is 2. The van der Waals surface area contributed by atoms with Crippen LogP contribution in [0.1, 0.15) is 68.5 Å². The van der Waals surface area contributed by atoms with E-state index < -0.39 is 88.0 Å². The molecule has 47 heavy (non-hydrogen) atoms. The maximum atomic E-state index is 13.5. The number of ether oxygens (including phenoxy) is 3. The van der Waals surface area contributed by atoms with Crippen molar-refractivity contribution in [3.05, 3.63) is 38.6 Å². The van der Waals surface area contributed by atoms with E-state index in [9.17, 15) is 19.2 Å². The standard InChI is InChI=1S/C31H53N5O9Si2/c1-29(2,3)41-17-18(19(37)16-33-32)34-26(39)24-22(42-24)21-23(44-46(10,11)30(4,5)6)25(45-47(12,13)31(7,8)9)27(43-21)36-15-14-20(38)35-28(36)40/h14-16,18,21-25,27H,17H2,1-13H3,(H,34,39)(H,35,38,40)/t18-,21-,22-,23-,24+,25-,27-/m1/s1. The molecule has 264 valence electrons. The number of carbonyl (C=O) groups excluding carboxylic acids is 2. The average molecular weight is 696 g/mol. The van der Waals surface area contributed by atoms with E-state index in [1.54, 1.807) is 0 Å². The molecule has 2 aliphatic heterocycles. The molecule has 14 nitrogen and oxygen atoms in total. The maximum Gasteiger partial charge on any atom is 0.330 e. The van der Waals surface area contributed by atoms with Gasteiger partial charge in [-0.25, -0.2) is 4.79 Å². The van der Waals surface area contributed by atoms with Gasteiger partial charge in [0.1, 0.15) is 30.5 Å². The summed E-state index contributed by atoms with van der Waals surface area (Å²) in [7, 11) is -5.04. The van der Waals surface area contributed by atoms with Crippen LogP contribution in [0, 0.1) is 0 Å². The van der Waals surface area contributed by atoms with E-state index in [1.165, 1.54) is 16.8 Å². The molecular weight excluding hydrogens is 643 g/mol. The molecule has 1 aromatic rings. The van der Waals surface area contributed by atoms with E-state index in [4.69, 9.17) is 28.6 Å². The molecule has 0 bridgehead atoms. The quantitative estimate of drug-likeness (QED) is 0.109. The van der Waals surface area contributed by atoms with Crippen LogP contribution >= 0.6 is 0 Å². The van der Waals surface area contributed by atoms with Crippen LogP contribution in [0.3, 0.4) is 0 Å². The number of nitrogens with zero attached hydrogens (tertiary/aromatic N) is 3. The monoisotopic (exact) mass is 695 g/mol. The Labute approximate surface area is 278 Å². The average Bonchev–Trinajstić information content (AvgIpc) is 3.63. The molecule has 7 atom stereocenters. The second-order valence-corrected chi connectivity index (χ2v) is 25.9. The molecule has 1 amide bonds. The van der Waals surface area contributed by atoms with Crippen LogP contribution in [0.2, 0.25) is 36.3 Å². The minimum atomic E-state index is -2.52. The molecule has 3 heterocycles. The molecule has 0 aromatic carbocycles. The van der Waals surface area contributed by atoms with E-state index in [1.807, 2.05) is 20.8 Å². The summed E-state index contributed by atoms with van der Waals surface area (Å²) in [5.41, 5.74) is 7.11. The van der Waals surface area contributed by atoms with Crippen molar-refractivity contribution < 1.29 is 37.4 Å². The summed E-state index contributed by atoms with van der Waals surface area (Å²) in [6.45, 7) is 26.3. The number of nitrogens with one attached hydrogen (secondary N) is 2. The molecule has 2 fully saturated rings. The Morgan fingerprint density at radius 2 is 1.53 bits per heavy atom. The largest absolute Gasteiger partial charge is 0.408 e. The third-order valence-corrected chi connectivity index (χ3v) is 18.4. The smallest absolute Gasteiger partial charge is 0.330 e. The van der Waals surface area contributed by atoms with Crippen molar-refractivity contribution in [2.45, 2.75) is 147 Å². The molecular formula is C31H53N5O9Si2. The first-order valence-corrected chi connectivity index (χ1v) is 21.7. The number of Topliss-reactive ketones (excluding diaryl/α,β-unsaturated/α-hetero) is 1. The minimum absolute atomic E-state index is 0.159. The van der Waals surface area contributed by atoms with Crippen molar-refractivity contribution >= 4 is 34.5 Å². The zero-order chi connectivity index (χ0) is 35.9. The molecule has 0 unspecified atom stereocenters. The zero-order valence-corrected chi connectivity index (χ0v) is 32.0. The van der Waals surface area contributed by atoms with Gasteiger partial charge in [0, 0.05) is 12.3 Å². The highest BCUT2D eigenvalue weighted by atomic mass is 28.4. The van der Waals surface area contributed by atoms with E-state index in [2.05, 4.69) is 82.8 Å².